The fraction of sp³-hybridized carbons (Fsp3) is 0.667. The first kappa shape index (κ1) is 20.4. The molecule has 0 spiro atoms. The number of aromatic nitrogens is 4. The molecular formula is C18H27N5O5. The molecule has 0 aliphatic carbocycles. The molecule has 4 atom stereocenters. The highest BCUT2D eigenvalue weighted by molar-refractivity contribution is 5.83. The van der Waals surface area contributed by atoms with Gasteiger partial charge in [-0.3, -0.25) is 9.36 Å². The Balaban J connectivity index is 1.70. The SMILES string of the molecule is CCCCCC(=O)OC[C@H]1O[C@@H](n2cnc3c(N(C)C)ncnc32)[C@H](O)[C@@H]1O. The normalized spacial score (nSPS) is 24.6. The number of carbonyl (C=O) groups is 1. The Morgan fingerprint density at radius 3 is 2.75 bits per heavy atom. The van der Waals surface area contributed by atoms with Crippen LogP contribution in [0.25, 0.3) is 11.2 Å². The molecular weight excluding hydrogens is 366 g/mol. The summed E-state index contributed by atoms with van der Waals surface area (Å²) in [4.78, 5) is 26.4. The summed E-state index contributed by atoms with van der Waals surface area (Å²) in [6, 6.07) is 0. The van der Waals surface area contributed by atoms with E-state index in [1.807, 2.05) is 19.0 Å². The van der Waals surface area contributed by atoms with Gasteiger partial charge in [0.15, 0.2) is 23.2 Å². The largest absolute Gasteiger partial charge is 0.463 e. The van der Waals surface area contributed by atoms with E-state index in [1.54, 1.807) is 4.57 Å². The molecule has 10 heteroatoms. The zero-order chi connectivity index (χ0) is 20.3. The number of carbonyl (C=O) groups excluding carboxylic acids is 1. The predicted molar refractivity (Wildman–Crippen MR) is 101 cm³/mol. The highest BCUT2D eigenvalue weighted by Crippen LogP contribution is 2.32. The van der Waals surface area contributed by atoms with Crippen molar-refractivity contribution in [2.75, 3.05) is 25.6 Å². The average Bonchev–Trinajstić information content (AvgIpc) is 3.22. The molecule has 1 fully saturated rings. The van der Waals surface area contributed by atoms with Gasteiger partial charge in [0.2, 0.25) is 0 Å². The summed E-state index contributed by atoms with van der Waals surface area (Å²) in [5.41, 5.74) is 1.04. The maximum Gasteiger partial charge on any atom is 0.305 e. The lowest BCUT2D eigenvalue weighted by Gasteiger charge is -2.17. The molecule has 0 saturated carbocycles. The van der Waals surface area contributed by atoms with E-state index in [4.69, 9.17) is 9.47 Å². The molecule has 1 saturated heterocycles. The van der Waals surface area contributed by atoms with Gasteiger partial charge in [-0.25, -0.2) is 15.0 Å². The first-order chi connectivity index (χ1) is 13.4. The third kappa shape index (κ3) is 4.08. The highest BCUT2D eigenvalue weighted by Gasteiger charge is 2.45. The van der Waals surface area contributed by atoms with Gasteiger partial charge >= 0.3 is 5.97 Å². The number of nitrogens with zero attached hydrogens (tertiary/aromatic N) is 5. The zero-order valence-electron chi connectivity index (χ0n) is 16.4. The number of ether oxygens (including phenoxy) is 2. The first-order valence-electron chi connectivity index (χ1n) is 9.46. The van der Waals surface area contributed by atoms with Crippen molar-refractivity contribution in [2.45, 2.75) is 57.1 Å². The summed E-state index contributed by atoms with van der Waals surface area (Å²) in [6.07, 6.45) is 1.85. The Kier molecular flexibility index (Phi) is 6.42. The second-order valence-electron chi connectivity index (χ2n) is 7.10. The van der Waals surface area contributed by atoms with E-state index in [2.05, 4.69) is 21.9 Å². The molecule has 2 aromatic rings. The zero-order valence-corrected chi connectivity index (χ0v) is 16.4. The summed E-state index contributed by atoms with van der Waals surface area (Å²) in [5.74, 6) is 0.299. The number of esters is 1. The van der Waals surface area contributed by atoms with Crippen LogP contribution in [0.1, 0.15) is 38.8 Å². The lowest BCUT2D eigenvalue weighted by molar-refractivity contribution is -0.150. The lowest BCUT2D eigenvalue weighted by atomic mass is 10.1. The number of rotatable bonds is 8. The maximum atomic E-state index is 11.8. The van der Waals surface area contributed by atoms with E-state index in [0.717, 1.165) is 19.3 Å². The van der Waals surface area contributed by atoms with Crippen molar-refractivity contribution in [2.24, 2.45) is 0 Å². The monoisotopic (exact) mass is 393 g/mol. The van der Waals surface area contributed by atoms with Gasteiger partial charge in [-0.05, 0) is 6.42 Å². The predicted octanol–water partition coefficient (Wildman–Crippen LogP) is 0.635. The van der Waals surface area contributed by atoms with Crippen molar-refractivity contribution in [3.05, 3.63) is 12.7 Å². The number of fused-ring (bicyclic) bond motifs is 1. The van der Waals surface area contributed by atoms with Gasteiger partial charge in [-0.2, -0.15) is 0 Å². The summed E-state index contributed by atoms with van der Waals surface area (Å²) in [7, 11) is 3.69. The van der Waals surface area contributed by atoms with Crippen molar-refractivity contribution in [1.29, 1.82) is 0 Å². The van der Waals surface area contributed by atoms with E-state index in [-0.39, 0.29) is 12.6 Å². The number of hydrogen-bond acceptors (Lipinski definition) is 9. The van der Waals surface area contributed by atoms with E-state index in [9.17, 15) is 15.0 Å². The fourth-order valence-corrected chi connectivity index (χ4v) is 3.22. The van der Waals surface area contributed by atoms with Gasteiger partial charge in [0, 0.05) is 20.5 Å². The minimum absolute atomic E-state index is 0.121. The molecule has 3 rings (SSSR count). The minimum Gasteiger partial charge on any atom is -0.463 e. The standard InChI is InChI=1S/C18H27N5O5/c1-4-5-6-7-12(24)27-8-11-14(25)15(26)18(28-11)23-10-21-13-16(22(2)3)19-9-20-17(13)23/h9-11,14-15,18,25-26H,4-8H2,1-3H3/t11-,14-,15-,18-/m1/s1. The van der Waals surface area contributed by atoms with Gasteiger partial charge in [-0.15, -0.1) is 0 Å². The number of aliphatic hydroxyl groups is 2. The third-order valence-corrected chi connectivity index (χ3v) is 4.77. The van der Waals surface area contributed by atoms with Crippen LogP contribution in [0.15, 0.2) is 12.7 Å². The Morgan fingerprint density at radius 2 is 2.04 bits per heavy atom. The van der Waals surface area contributed by atoms with Crippen LogP contribution in [-0.2, 0) is 14.3 Å². The minimum atomic E-state index is -1.21. The van der Waals surface area contributed by atoms with Crippen molar-refractivity contribution in [3.63, 3.8) is 0 Å². The van der Waals surface area contributed by atoms with Crippen molar-refractivity contribution in [3.8, 4) is 0 Å². The molecule has 3 heterocycles. The molecule has 0 unspecified atom stereocenters. The van der Waals surface area contributed by atoms with Gasteiger partial charge in [-0.1, -0.05) is 19.8 Å². The number of unbranched alkanes of at least 4 members (excludes halogenated alkanes) is 2. The van der Waals surface area contributed by atoms with Crippen LogP contribution in [0.2, 0.25) is 0 Å². The molecule has 2 aromatic heterocycles. The van der Waals surface area contributed by atoms with Crippen LogP contribution in [0.4, 0.5) is 5.82 Å². The van der Waals surface area contributed by atoms with Gasteiger partial charge in [0.05, 0.1) is 6.33 Å². The Morgan fingerprint density at radius 1 is 1.25 bits per heavy atom. The van der Waals surface area contributed by atoms with E-state index < -0.39 is 24.5 Å². The molecule has 1 aliphatic heterocycles. The third-order valence-electron chi connectivity index (χ3n) is 4.77. The second kappa shape index (κ2) is 8.80. The second-order valence-corrected chi connectivity index (χ2v) is 7.10. The number of anilines is 1. The Bertz CT molecular complexity index is 811. The number of hydrogen-bond donors (Lipinski definition) is 2. The maximum absolute atomic E-state index is 11.8. The smallest absolute Gasteiger partial charge is 0.305 e. The van der Waals surface area contributed by atoms with Crippen LogP contribution in [0.5, 0.6) is 0 Å². The van der Waals surface area contributed by atoms with Gasteiger partial charge < -0.3 is 24.6 Å². The molecule has 28 heavy (non-hydrogen) atoms. The van der Waals surface area contributed by atoms with E-state index in [0.29, 0.717) is 23.4 Å². The van der Waals surface area contributed by atoms with E-state index in [1.165, 1.54) is 12.7 Å². The van der Waals surface area contributed by atoms with Crippen LogP contribution >= 0.6 is 0 Å². The number of imidazole rings is 1. The molecule has 0 bridgehead atoms. The first-order valence-corrected chi connectivity index (χ1v) is 9.46. The van der Waals surface area contributed by atoms with Crippen LogP contribution in [-0.4, -0.2) is 74.7 Å². The highest BCUT2D eigenvalue weighted by atomic mass is 16.6. The van der Waals surface area contributed by atoms with Crippen LogP contribution < -0.4 is 4.90 Å². The Hall–Kier alpha value is -2.30. The molecule has 2 N–H and O–H groups in total. The molecule has 0 radical (unpaired) electrons. The summed E-state index contributed by atoms with van der Waals surface area (Å²) >= 11 is 0. The van der Waals surface area contributed by atoms with Crippen LogP contribution in [0.3, 0.4) is 0 Å². The average molecular weight is 393 g/mol. The summed E-state index contributed by atoms with van der Waals surface area (Å²) in [5, 5.41) is 20.8. The molecule has 1 aliphatic rings. The topological polar surface area (TPSA) is 123 Å². The number of aliphatic hydroxyl groups excluding tert-OH is 2. The van der Waals surface area contributed by atoms with E-state index >= 15 is 0 Å². The van der Waals surface area contributed by atoms with Crippen molar-refractivity contribution in [1.82, 2.24) is 19.5 Å². The summed E-state index contributed by atoms with van der Waals surface area (Å²) < 4.78 is 12.5. The van der Waals surface area contributed by atoms with Gasteiger partial charge in [0.1, 0.15) is 31.2 Å². The molecule has 10 nitrogen and oxygen atoms in total. The van der Waals surface area contributed by atoms with Crippen molar-refractivity contribution < 1.29 is 24.5 Å². The molecule has 154 valence electrons. The Labute approximate surface area is 163 Å². The lowest BCUT2D eigenvalue weighted by Crippen LogP contribution is -2.34. The fourth-order valence-electron chi connectivity index (χ4n) is 3.22. The quantitative estimate of drug-likeness (QED) is 0.491. The van der Waals surface area contributed by atoms with Crippen LogP contribution in [0, 0.1) is 0 Å². The molecule has 0 aromatic carbocycles. The van der Waals surface area contributed by atoms with Gasteiger partial charge in [0.25, 0.3) is 0 Å². The van der Waals surface area contributed by atoms with Crippen molar-refractivity contribution >= 4 is 23.0 Å². The summed E-state index contributed by atoms with van der Waals surface area (Å²) in [6.45, 7) is 1.94. The molecule has 0 amide bonds.